The Bertz CT molecular complexity index is 562. The van der Waals surface area contributed by atoms with E-state index >= 15 is 0 Å². The van der Waals surface area contributed by atoms with Gasteiger partial charge in [-0.1, -0.05) is 6.92 Å². The average Bonchev–Trinajstić information content (AvgIpc) is 2.45. The predicted octanol–water partition coefficient (Wildman–Crippen LogP) is 1.35. The normalized spacial score (nSPS) is 20.4. The van der Waals surface area contributed by atoms with E-state index in [0.29, 0.717) is 12.1 Å². The molecule has 0 spiro atoms. The third-order valence-electron chi connectivity index (χ3n) is 3.84. The molecule has 0 saturated carbocycles. The molecule has 21 heavy (non-hydrogen) atoms. The summed E-state index contributed by atoms with van der Waals surface area (Å²) < 4.78 is 13.6. The molecule has 2 N–H and O–H groups in total. The zero-order chi connectivity index (χ0) is 15.6. The topological polar surface area (TPSA) is 61.4 Å². The summed E-state index contributed by atoms with van der Waals surface area (Å²) in [5.41, 5.74) is 1.45. The van der Waals surface area contributed by atoms with Crippen LogP contribution in [-0.2, 0) is 9.59 Å². The highest BCUT2D eigenvalue weighted by atomic mass is 19.1. The molecule has 2 amide bonds. The SMILES string of the molecule is CCC1C(=O)NC(=O)CN1c1ccc(F)cc1C(C)NC. The standard InChI is InChI=1S/C15H20FN3O2/c1-4-12-15(21)18-14(20)8-19(12)13-6-5-10(16)7-11(13)9(2)17-3/h5-7,9,12,17H,4,8H2,1-3H3,(H,18,20,21). The third kappa shape index (κ3) is 3.05. The lowest BCUT2D eigenvalue weighted by Gasteiger charge is -2.37. The molecule has 1 fully saturated rings. The summed E-state index contributed by atoms with van der Waals surface area (Å²) in [5.74, 6) is -0.977. The fraction of sp³-hybridized carbons (Fsp3) is 0.467. The quantitative estimate of drug-likeness (QED) is 0.823. The summed E-state index contributed by atoms with van der Waals surface area (Å²) in [5, 5.41) is 5.41. The summed E-state index contributed by atoms with van der Waals surface area (Å²) in [6.45, 7) is 3.89. The fourth-order valence-electron chi connectivity index (χ4n) is 2.61. The van der Waals surface area contributed by atoms with Crippen molar-refractivity contribution in [2.45, 2.75) is 32.4 Å². The van der Waals surface area contributed by atoms with Gasteiger partial charge >= 0.3 is 0 Å². The number of rotatable bonds is 4. The number of imide groups is 1. The number of anilines is 1. The molecular weight excluding hydrogens is 273 g/mol. The van der Waals surface area contributed by atoms with E-state index in [-0.39, 0.29) is 30.2 Å². The van der Waals surface area contributed by atoms with Gasteiger partial charge < -0.3 is 10.2 Å². The zero-order valence-corrected chi connectivity index (χ0v) is 12.4. The predicted molar refractivity (Wildman–Crippen MR) is 78.4 cm³/mol. The molecular formula is C15H20FN3O2. The van der Waals surface area contributed by atoms with Gasteiger partial charge in [-0.25, -0.2) is 4.39 Å². The van der Waals surface area contributed by atoms with Crippen LogP contribution in [-0.4, -0.2) is 31.4 Å². The van der Waals surface area contributed by atoms with E-state index in [1.807, 2.05) is 13.8 Å². The van der Waals surface area contributed by atoms with Crippen LogP contribution in [0.3, 0.4) is 0 Å². The monoisotopic (exact) mass is 293 g/mol. The van der Waals surface area contributed by atoms with Crippen molar-refractivity contribution in [2.24, 2.45) is 0 Å². The molecule has 6 heteroatoms. The van der Waals surface area contributed by atoms with E-state index in [0.717, 1.165) is 5.56 Å². The van der Waals surface area contributed by atoms with Crippen LogP contribution in [0.5, 0.6) is 0 Å². The summed E-state index contributed by atoms with van der Waals surface area (Å²) in [6.07, 6.45) is 0.573. The van der Waals surface area contributed by atoms with Crippen LogP contribution in [0.2, 0.25) is 0 Å². The molecule has 1 aromatic rings. The van der Waals surface area contributed by atoms with Crippen LogP contribution >= 0.6 is 0 Å². The van der Waals surface area contributed by atoms with Crippen LogP contribution in [0.15, 0.2) is 18.2 Å². The number of carbonyl (C=O) groups excluding carboxylic acids is 2. The Labute approximate surface area is 123 Å². The lowest BCUT2D eigenvalue weighted by Crippen LogP contribution is -2.58. The Morgan fingerprint density at radius 2 is 2.19 bits per heavy atom. The summed E-state index contributed by atoms with van der Waals surface area (Å²) in [7, 11) is 1.78. The average molecular weight is 293 g/mol. The minimum absolute atomic E-state index is 0.0895. The molecule has 0 aromatic heterocycles. The van der Waals surface area contributed by atoms with Gasteiger partial charge in [-0.3, -0.25) is 14.9 Å². The van der Waals surface area contributed by atoms with E-state index in [1.165, 1.54) is 12.1 Å². The highest BCUT2D eigenvalue weighted by Crippen LogP contribution is 2.30. The maximum absolute atomic E-state index is 13.6. The van der Waals surface area contributed by atoms with Crippen LogP contribution in [0, 0.1) is 5.82 Å². The van der Waals surface area contributed by atoms with Crippen molar-refractivity contribution < 1.29 is 14.0 Å². The van der Waals surface area contributed by atoms with Crippen molar-refractivity contribution in [1.82, 2.24) is 10.6 Å². The molecule has 114 valence electrons. The molecule has 0 bridgehead atoms. The Balaban J connectivity index is 2.47. The van der Waals surface area contributed by atoms with E-state index in [1.54, 1.807) is 18.0 Å². The molecule has 2 atom stereocenters. The molecule has 1 saturated heterocycles. The second-order valence-electron chi connectivity index (χ2n) is 5.18. The number of hydrogen-bond donors (Lipinski definition) is 2. The van der Waals surface area contributed by atoms with Crippen molar-refractivity contribution in [3.05, 3.63) is 29.6 Å². The molecule has 5 nitrogen and oxygen atoms in total. The number of nitrogens with one attached hydrogen (secondary N) is 2. The molecule has 1 aliphatic rings. The number of amides is 2. The first-order valence-electron chi connectivity index (χ1n) is 7.05. The van der Waals surface area contributed by atoms with Gasteiger partial charge in [-0.15, -0.1) is 0 Å². The van der Waals surface area contributed by atoms with Gasteiger partial charge in [-0.2, -0.15) is 0 Å². The second kappa shape index (κ2) is 6.22. The smallest absolute Gasteiger partial charge is 0.249 e. The number of benzene rings is 1. The van der Waals surface area contributed by atoms with Crippen LogP contribution in [0.4, 0.5) is 10.1 Å². The molecule has 2 rings (SSSR count). The van der Waals surface area contributed by atoms with Crippen LogP contribution in [0.25, 0.3) is 0 Å². The Hall–Kier alpha value is -1.95. The van der Waals surface area contributed by atoms with Gasteiger partial charge in [0.05, 0.1) is 6.54 Å². The summed E-state index contributed by atoms with van der Waals surface area (Å²) >= 11 is 0. The van der Waals surface area contributed by atoms with Gasteiger partial charge in [-0.05, 0) is 44.2 Å². The second-order valence-corrected chi connectivity index (χ2v) is 5.18. The minimum Gasteiger partial charge on any atom is -0.350 e. The van der Waals surface area contributed by atoms with Crippen molar-refractivity contribution >= 4 is 17.5 Å². The first kappa shape index (κ1) is 15.4. The van der Waals surface area contributed by atoms with E-state index < -0.39 is 6.04 Å². The first-order valence-corrected chi connectivity index (χ1v) is 7.05. The van der Waals surface area contributed by atoms with Gasteiger partial charge in [0.25, 0.3) is 0 Å². The van der Waals surface area contributed by atoms with E-state index in [2.05, 4.69) is 10.6 Å². The number of halogens is 1. The number of piperazine rings is 1. The maximum Gasteiger partial charge on any atom is 0.249 e. The highest BCUT2D eigenvalue weighted by Gasteiger charge is 2.34. The van der Waals surface area contributed by atoms with E-state index in [4.69, 9.17) is 0 Å². The van der Waals surface area contributed by atoms with Crippen LogP contribution in [0.1, 0.15) is 31.9 Å². The van der Waals surface area contributed by atoms with Crippen molar-refractivity contribution in [3.63, 3.8) is 0 Å². The number of carbonyl (C=O) groups is 2. The lowest BCUT2D eigenvalue weighted by molar-refractivity contribution is -0.132. The lowest BCUT2D eigenvalue weighted by atomic mass is 10.0. The molecule has 1 aliphatic heterocycles. The molecule has 2 unspecified atom stereocenters. The summed E-state index contributed by atoms with van der Waals surface area (Å²) in [4.78, 5) is 25.4. The van der Waals surface area contributed by atoms with Crippen molar-refractivity contribution in [1.29, 1.82) is 0 Å². The van der Waals surface area contributed by atoms with Gasteiger partial charge in [0.2, 0.25) is 11.8 Å². The van der Waals surface area contributed by atoms with Gasteiger partial charge in [0.1, 0.15) is 11.9 Å². The van der Waals surface area contributed by atoms with Crippen molar-refractivity contribution in [2.75, 3.05) is 18.5 Å². The minimum atomic E-state index is -0.420. The number of hydrogen-bond acceptors (Lipinski definition) is 4. The largest absolute Gasteiger partial charge is 0.350 e. The molecule has 1 aromatic carbocycles. The third-order valence-corrected chi connectivity index (χ3v) is 3.84. The Morgan fingerprint density at radius 1 is 1.48 bits per heavy atom. The molecule has 0 radical (unpaired) electrons. The zero-order valence-electron chi connectivity index (χ0n) is 12.4. The van der Waals surface area contributed by atoms with Gasteiger partial charge in [0, 0.05) is 11.7 Å². The van der Waals surface area contributed by atoms with Gasteiger partial charge in [0.15, 0.2) is 0 Å². The summed E-state index contributed by atoms with van der Waals surface area (Å²) in [6, 6.07) is 3.92. The highest BCUT2D eigenvalue weighted by molar-refractivity contribution is 6.04. The first-order chi connectivity index (χ1) is 9.97. The fourth-order valence-corrected chi connectivity index (χ4v) is 2.61. The maximum atomic E-state index is 13.6. The van der Waals surface area contributed by atoms with Crippen LogP contribution < -0.4 is 15.5 Å². The Kier molecular flexibility index (Phi) is 4.57. The molecule has 1 heterocycles. The van der Waals surface area contributed by atoms with E-state index in [9.17, 15) is 14.0 Å². The number of nitrogens with zero attached hydrogens (tertiary/aromatic N) is 1. The Morgan fingerprint density at radius 3 is 2.81 bits per heavy atom. The van der Waals surface area contributed by atoms with Crippen molar-refractivity contribution in [3.8, 4) is 0 Å². The molecule has 0 aliphatic carbocycles.